The molecule has 0 aliphatic carbocycles. The van der Waals surface area contributed by atoms with Crippen LogP contribution >= 0.6 is 57.7 Å². The van der Waals surface area contributed by atoms with Gasteiger partial charge in [-0.2, -0.15) is 0 Å². The fraction of sp³-hybridized carbons (Fsp3) is 0.0455. The van der Waals surface area contributed by atoms with E-state index in [9.17, 15) is 14.4 Å². The van der Waals surface area contributed by atoms with E-state index in [2.05, 4.69) is 27.9 Å². The van der Waals surface area contributed by atoms with Gasteiger partial charge in [-0.05, 0) is 95.0 Å². The highest BCUT2D eigenvalue weighted by Gasteiger charge is 2.36. The summed E-state index contributed by atoms with van der Waals surface area (Å²) in [5.41, 5.74) is 0.597. The number of carbonyl (C=O) groups is 3. The van der Waals surface area contributed by atoms with Crippen LogP contribution in [0, 0.1) is 3.57 Å². The number of carbonyl (C=O) groups excluding carboxylic acids is 3. The molecule has 0 atom stereocenters. The van der Waals surface area contributed by atoms with Crippen molar-refractivity contribution >= 4 is 86.5 Å². The molecule has 1 saturated heterocycles. The summed E-state index contributed by atoms with van der Waals surface area (Å²) in [5.74, 6) is -0.536. The summed E-state index contributed by atoms with van der Waals surface area (Å²) in [7, 11) is 0. The molecule has 1 aliphatic rings. The van der Waals surface area contributed by atoms with Crippen LogP contribution in [0.2, 0.25) is 5.02 Å². The first-order valence-electron chi connectivity index (χ1n) is 9.21. The first kappa shape index (κ1) is 23.0. The number of amides is 3. The molecule has 1 N–H and O–H groups in total. The lowest BCUT2D eigenvalue weighted by molar-refractivity contribution is -0.127. The van der Waals surface area contributed by atoms with Crippen LogP contribution in [-0.4, -0.2) is 28.5 Å². The fourth-order valence-corrected chi connectivity index (χ4v) is 4.81. The van der Waals surface area contributed by atoms with Gasteiger partial charge in [0.25, 0.3) is 11.1 Å². The largest absolute Gasteiger partial charge is 0.450 e. The van der Waals surface area contributed by atoms with Gasteiger partial charge < -0.3 is 9.73 Å². The summed E-state index contributed by atoms with van der Waals surface area (Å²) < 4.78 is 6.78. The SMILES string of the molecule is O=C(CN1C(=O)S/C(=C\c2ccc(Sc3ccc(Cl)cc3)o2)C1=O)Nc1ccc(I)cc1. The number of imide groups is 1. The quantitative estimate of drug-likeness (QED) is 0.263. The maximum atomic E-state index is 12.7. The maximum Gasteiger partial charge on any atom is 0.294 e. The number of benzene rings is 2. The average Bonchev–Trinajstić information content (AvgIpc) is 3.31. The summed E-state index contributed by atoms with van der Waals surface area (Å²) in [6.07, 6.45) is 1.51. The van der Waals surface area contributed by atoms with E-state index >= 15 is 0 Å². The molecule has 2 heterocycles. The van der Waals surface area contributed by atoms with E-state index in [-0.39, 0.29) is 11.4 Å². The molecule has 1 aliphatic heterocycles. The first-order valence-corrected chi connectivity index (χ1v) is 12.3. The molecule has 32 heavy (non-hydrogen) atoms. The molecule has 6 nitrogen and oxygen atoms in total. The Morgan fingerprint density at radius 1 is 1.09 bits per heavy atom. The third-order valence-corrected chi connectivity index (χ3v) is 7.02. The van der Waals surface area contributed by atoms with Gasteiger partial charge in [0.2, 0.25) is 5.91 Å². The average molecular weight is 597 g/mol. The normalized spacial score (nSPS) is 14.9. The Hall–Kier alpha value is -2.21. The number of halogens is 2. The van der Waals surface area contributed by atoms with Crippen molar-refractivity contribution in [2.75, 3.05) is 11.9 Å². The zero-order chi connectivity index (χ0) is 22.7. The summed E-state index contributed by atoms with van der Waals surface area (Å²) in [5, 5.41) is 3.47. The van der Waals surface area contributed by atoms with Crippen molar-refractivity contribution in [2.45, 2.75) is 9.99 Å². The smallest absolute Gasteiger partial charge is 0.294 e. The molecular weight excluding hydrogens is 583 g/mol. The molecule has 162 valence electrons. The number of nitrogens with one attached hydrogen (secondary N) is 1. The van der Waals surface area contributed by atoms with E-state index in [4.69, 9.17) is 16.0 Å². The van der Waals surface area contributed by atoms with E-state index < -0.39 is 17.1 Å². The van der Waals surface area contributed by atoms with Crippen molar-refractivity contribution in [1.29, 1.82) is 0 Å². The van der Waals surface area contributed by atoms with E-state index in [1.807, 2.05) is 24.3 Å². The fourth-order valence-electron chi connectivity index (χ4n) is 2.73. The van der Waals surface area contributed by atoms with Gasteiger partial charge in [0, 0.05) is 25.3 Å². The number of thioether (sulfide) groups is 1. The summed E-state index contributed by atoms with van der Waals surface area (Å²) in [4.78, 5) is 39.3. The zero-order valence-electron chi connectivity index (χ0n) is 16.2. The van der Waals surface area contributed by atoms with Crippen LogP contribution in [0.4, 0.5) is 10.5 Å². The Kier molecular flexibility index (Phi) is 7.29. The van der Waals surface area contributed by atoms with Crippen LogP contribution in [0.15, 0.2) is 80.0 Å². The first-order chi connectivity index (χ1) is 15.4. The Balaban J connectivity index is 1.39. The second kappa shape index (κ2) is 10.2. The molecule has 4 rings (SSSR count). The number of rotatable bonds is 6. The minimum Gasteiger partial charge on any atom is -0.450 e. The second-order valence-electron chi connectivity index (χ2n) is 6.54. The molecule has 3 aromatic rings. The number of anilines is 1. The van der Waals surface area contributed by atoms with Crippen LogP contribution in [0.1, 0.15) is 5.76 Å². The highest BCUT2D eigenvalue weighted by Crippen LogP contribution is 2.34. The van der Waals surface area contributed by atoms with Crippen LogP contribution in [0.3, 0.4) is 0 Å². The topological polar surface area (TPSA) is 79.6 Å². The van der Waals surface area contributed by atoms with E-state index in [1.54, 1.807) is 36.4 Å². The Morgan fingerprint density at radius 2 is 1.81 bits per heavy atom. The molecule has 0 saturated carbocycles. The molecule has 2 aromatic carbocycles. The minimum absolute atomic E-state index is 0.203. The number of nitrogens with zero attached hydrogens (tertiary/aromatic N) is 1. The third kappa shape index (κ3) is 5.77. The monoisotopic (exact) mass is 596 g/mol. The van der Waals surface area contributed by atoms with E-state index in [0.29, 0.717) is 21.6 Å². The summed E-state index contributed by atoms with van der Waals surface area (Å²) in [6.45, 7) is -0.357. The van der Waals surface area contributed by atoms with Crippen molar-refractivity contribution < 1.29 is 18.8 Å². The van der Waals surface area contributed by atoms with Gasteiger partial charge in [-0.1, -0.05) is 23.4 Å². The maximum absolute atomic E-state index is 12.7. The molecule has 0 unspecified atom stereocenters. The zero-order valence-corrected chi connectivity index (χ0v) is 20.8. The summed E-state index contributed by atoms with van der Waals surface area (Å²) in [6, 6.07) is 18.0. The van der Waals surface area contributed by atoms with Crippen LogP contribution in [0.25, 0.3) is 6.08 Å². The van der Waals surface area contributed by atoms with Crippen LogP contribution in [-0.2, 0) is 9.59 Å². The molecule has 0 radical (unpaired) electrons. The van der Waals surface area contributed by atoms with Gasteiger partial charge in [0.1, 0.15) is 12.3 Å². The molecule has 10 heteroatoms. The van der Waals surface area contributed by atoms with Crippen molar-refractivity contribution in [2.24, 2.45) is 0 Å². The molecule has 1 aromatic heterocycles. The van der Waals surface area contributed by atoms with Crippen LogP contribution < -0.4 is 5.32 Å². The van der Waals surface area contributed by atoms with Gasteiger partial charge in [-0.15, -0.1) is 0 Å². The molecule has 0 spiro atoms. The summed E-state index contributed by atoms with van der Waals surface area (Å²) >= 11 is 10.2. The standard InChI is InChI=1S/C22H14ClIN2O4S2/c23-13-1-8-17(9-2-13)31-20-10-7-16(30-20)11-18-21(28)26(22(29)32-18)12-19(27)25-15-5-3-14(24)4-6-15/h1-11H,12H2,(H,25,27)/b18-11-. The minimum atomic E-state index is -0.527. The Morgan fingerprint density at radius 3 is 2.53 bits per heavy atom. The second-order valence-corrected chi connectivity index (χ2v) is 10.3. The third-order valence-electron chi connectivity index (χ3n) is 4.21. The molecular formula is C22H14ClIN2O4S2. The lowest BCUT2D eigenvalue weighted by Crippen LogP contribution is -2.36. The number of hydrogen-bond acceptors (Lipinski definition) is 6. The van der Waals surface area contributed by atoms with Gasteiger partial charge in [0.15, 0.2) is 5.09 Å². The highest BCUT2D eigenvalue weighted by atomic mass is 127. The van der Waals surface area contributed by atoms with Gasteiger partial charge in [0.05, 0.1) is 4.91 Å². The van der Waals surface area contributed by atoms with E-state index in [0.717, 1.165) is 25.1 Å². The highest BCUT2D eigenvalue weighted by molar-refractivity contribution is 14.1. The van der Waals surface area contributed by atoms with Crippen molar-refractivity contribution in [3.8, 4) is 0 Å². The number of hydrogen-bond donors (Lipinski definition) is 1. The van der Waals surface area contributed by atoms with E-state index in [1.165, 1.54) is 17.8 Å². The lowest BCUT2D eigenvalue weighted by atomic mass is 10.3. The van der Waals surface area contributed by atoms with Gasteiger partial charge >= 0.3 is 0 Å². The Labute approximate surface area is 210 Å². The molecule has 0 bridgehead atoms. The van der Waals surface area contributed by atoms with Crippen LogP contribution in [0.5, 0.6) is 0 Å². The van der Waals surface area contributed by atoms with Crippen molar-refractivity contribution in [3.05, 3.63) is 79.9 Å². The van der Waals surface area contributed by atoms with Gasteiger partial charge in [-0.3, -0.25) is 19.3 Å². The molecule has 3 amide bonds. The predicted octanol–water partition coefficient (Wildman–Crippen LogP) is 6.36. The van der Waals surface area contributed by atoms with Gasteiger partial charge in [-0.25, -0.2) is 0 Å². The lowest BCUT2D eigenvalue weighted by Gasteiger charge is -2.12. The predicted molar refractivity (Wildman–Crippen MR) is 135 cm³/mol. The number of furan rings is 1. The van der Waals surface area contributed by atoms with Crippen molar-refractivity contribution in [3.63, 3.8) is 0 Å². The van der Waals surface area contributed by atoms with Crippen molar-refractivity contribution in [1.82, 2.24) is 4.90 Å². The molecule has 1 fully saturated rings. The Bertz CT molecular complexity index is 1210.